The van der Waals surface area contributed by atoms with Crippen molar-refractivity contribution in [3.05, 3.63) is 65.2 Å². The number of morpholine rings is 1. The molecule has 5 rings (SSSR count). The molecule has 3 aromatic rings. The van der Waals surface area contributed by atoms with Crippen molar-refractivity contribution in [1.82, 2.24) is 9.97 Å². The van der Waals surface area contributed by atoms with Crippen LogP contribution in [0.15, 0.2) is 48.5 Å². The molecule has 0 saturated carbocycles. The van der Waals surface area contributed by atoms with Gasteiger partial charge in [-0.05, 0) is 49.7 Å². The van der Waals surface area contributed by atoms with Gasteiger partial charge in [-0.3, -0.25) is 4.79 Å². The fourth-order valence-corrected chi connectivity index (χ4v) is 6.36. The van der Waals surface area contributed by atoms with Crippen LogP contribution in [0.25, 0.3) is 11.3 Å². The van der Waals surface area contributed by atoms with Gasteiger partial charge in [0.25, 0.3) is 5.91 Å². The number of hydrogen-bond donors (Lipinski definition) is 1. The van der Waals surface area contributed by atoms with Crippen molar-refractivity contribution in [1.29, 1.82) is 0 Å². The Morgan fingerprint density at radius 2 is 1.75 bits per heavy atom. The normalized spacial score (nSPS) is 16.6. The average molecular weight is 572 g/mol. The number of carbonyl (C=O) groups excluding carboxylic acids is 1. The zero-order valence-electron chi connectivity index (χ0n) is 22.5. The number of alkyl halides is 3. The summed E-state index contributed by atoms with van der Waals surface area (Å²) in [5.74, 6) is 3.16. The molecule has 3 heterocycles. The molecule has 2 aliphatic rings. The lowest BCUT2D eigenvalue weighted by Gasteiger charge is -2.32. The van der Waals surface area contributed by atoms with E-state index < -0.39 is 17.6 Å². The molecule has 2 aliphatic heterocycles. The third kappa shape index (κ3) is 6.47. The third-order valence-corrected chi connectivity index (χ3v) is 9.20. The number of benzene rings is 2. The summed E-state index contributed by atoms with van der Waals surface area (Å²) in [4.78, 5) is 27.4. The largest absolute Gasteiger partial charge is 0.416 e. The van der Waals surface area contributed by atoms with Crippen molar-refractivity contribution < 1.29 is 22.7 Å². The first kappa shape index (κ1) is 28.1. The highest BCUT2D eigenvalue weighted by molar-refractivity contribution is 8.15. The van der Waals surface area contributed by atoms with Gasteiger partial charge < -0.3 is 19.9 Å². The van der Waals surface area contributed by atoms with Crippen molar-refractivity contribution in [2.45, 2.75) is 20.0 Å². The molecule has 0 spiro atoms. The maximum Gasteiger partial charge on any atom is 0.416 e. The summed E-state index contributed by atoms with van der Waals surface area (Å²) < 4.78 is 45.0. The van der Waals surface area contributed by atoms with E-state index in [-0.39, 0.29) is 5.69 Å². The Hall–Kier alpha value is -3.44. The summed E-state index contributed by atoms with van der Waals surface area (Å²) in [5.41, 5.74) is 1.98. The van der Waals surface area contributed by atoms with E-state index in [1.807, 2.05) is 19.1 Å². The fourth-order valence-electron chi connectivity index (χ4n) is 4.78. The maximum absolute atomic E-state index is 13.1. The van der Waals surface area contributed by atoms with E-state index in [1.54, 1.807) is 12.1 Å². The van der Waals surface area contributed by atoms with Crippen LogP contribution >= 0.6 is 10.5 Å². The predicted molar refractivity (Wildman–Crippen MR) is 156 cm³/mol. The van der Waals surface area contributed by atoms with Crippen LogP contribution in [-0.2, 0) is 10.9 Å². The Labute approximate surface area is 234 Å². The number of hydrogen-bond acceptors (Lipinski definition) is 6. The van der Waals surface area contributed by atoms with Gasteiger partial charge in [0.15, 0.2) is 0 Å². The summed E-state index contributed by atoms with van der Waals surface area (Å²) in [6, 6.07) is 11.8. The third-order valence-electron chi connectivity index (χ3n) is 7.12. The molecular formula is C29H32F3N5O2S. The predicted octanol–water partition coefficient (Wildman–Crippen LogP) is 5.47. The molecule has 40 heavy (non-hydrogen) atoms. The van der Waals surface area contributed by atoms with E-state index >= 15 is 0 Å². The molecule has 2 fully saturated rings. The van der Waals surface area contributed by atoms with Gasteiger partial charge in [0.2, 0.25) is 5.95 Å². The number of nitrogens with one attached hydrogen (secondary N) is 1. The Morgan fingerprint density at radius 3 is 2.45 bits per heavy atom. The highest BCUT2D eigenvalue weighted by Crippen LogP contribution is 2.32. The average Bonchev–Trinajstić information content (AvgIpc) is 2.97. The Morgan fingerprint density at radius 1 is 1.00 bits per heavy atom. The van der Waals surface area contributed by atoms with Crippen molar-refractivity contribution >= 4 is 39.2 Å². The van der Waals surface area contributed by atoms with Crippen LogP contribution in [0, 0.1) is 6.92 Å². The molecule has 0 unspecified atom stereocenters. The molecule has 1 aromatic heterocycles. The van der Waals surface area contributed by atoms with Crippen molar-refractivity contribution in [3.8, 4) is 11.3 Å². The van der Waals surface area contributed by atoms with E-state index in [0.717, 1.165) is 53.7 Å². The zero-order valence-corrected chi connectivity index (χ0v) is 23.3. The number of aromatic nitrogens is 2. The first-order valence-corrected chi connectivity index (χ1v) is 14.9. The Balaban J connectivity index is 1.47. The van der Waals surface area contributed by atoms with Gasteiger partial charge in [-0.2, -0.15) is 28.6 Å². The van der Waals surface area contributed by atoms with Crippen LogP contribution in [0.2, 0.25) is 0 Å². The van der Waals surface area contributed by atoms with Crippen LogP contribution in [-0.4, -0.2) is 72.1 Å². The van der Waals surface area contributed by atoms with E-state index in [0.29, 0.717) is 54.0 Å². The monoisotopic (exact) mass is 571 g/mol. The molecule has 0 bridgehead atoms. The number of anilines is 3. The van der Waals surface area contributed by atoms with Crippen molar-refractivity contribution in [3.63, 3.8) is 0 Å². The molecule has 0 aliphatic carbocycles. The standard InChI is InChI=1S/C29H32F3N5O2S/c1-3-40-15-11-36(12-16-40)26-19-25(34-28(35-26)37-9-13-39-14-10-37)24-17-21(8-7-20(24)2)27(38)33-23-6-4-5-22(18-23)29(30,31)32/h3-8,17-19H,9-16H2,1-2H3,(H,33,38). The fraction of sp³-hybridized carbons (Fsp3) is 0.379. The van der Waals surface area contributed by atoms with E-state index in [2.05, 4.69) is 27.4 Å². The zero-order chi connectivity index (χ0) is 28.3. The quantitative estimate of drug-likeness (QED) is 0.410. The number of halogens is 3. The van der Waals surface area contributed by atoms with Crippen LogP contribution in [0.3, 0.4) is 0 Å². The minimum Gasteiger partial charge on any atom is -0.378 e. The molecule has 2 saturated heterocycles. The molecule has 212 valence electrons. The first-order chi connectivity index (χ1) is 19.2. The summed E-state index contributed by atoms with van der Waals surface area (Å²) in [7, 11) is 0.323. The summed E-state index contributed by atoms with van der Waals surface area (Å²) in [5, 5.41) is 4.89. The van der Waals surface area contributed by atoms with Crippen molar-refractivity contribution in [2.24, 2.45) is 0 Å². The van der Waals surface area contributed by atoms with Gasteiger partial charge in [0, 0.05) is 60.6 Å². The number of carbonyl (C=O) groups is 1. The highest BCUT2D eigenvalue weighted by atomic mass is 32.2. The molecule has 7 nitrogen and oxygen atoms in total. The summed E-state index contributed by atoms with van der Waals surface area (Å²) in [6.07, 6.45) is -4.49. The second-order valence-corrected chi connectivity index (χ2v) is 12.1. The summed E-state index contributed by atoms with van der Waals surface area (Å²) >= 11 is 0. The Bertz CT molecular complexity index is 1410. The smallest absolute Gasteiger partial charge is 0.378 e. The first-order valence-electron chi connectivity index (χ1n) is 13.2. The van der Waals surface area contributed by atoms with E-state index in [9.17, 15) is 18.0 Å². The van der Waals surface area contributed by atoms with E-state index in [4.69, 9.17) is 14.7 Å². The van der Waals surface area contributed by atoms with E-state index in [1.165, 1.54) is 12.1 Å². The molecule has 0 radical (unpaired) electrons. The molecule has 11 heteroatoms. The van der Waals surface area contributed by atoms with Gasteiger partial charge >= 0.3 is 6.18 Å². The van der Waals surface area contributed by atoms with Crippen LogP contribution in [0.1, 0.15) is 28.4 Å². The lowest BCUT2D eigenvalue weighted by Crippen LogP contribution is -2.38. The lowest BCUT2D eigenvalue weighted by atomic mass is 10.0. The molecule has 0 atom stereocenters. The minimum absolute atomic E-state index is 0.0781. The number of aryl methyl sites for hydroxylation is 1. The minimum atomic E-state index is -4.49. The lowest BCUT2D eigenvalue weighted by molar-refractivity contribution is -0.137. The highest BCUT2D eigenvalue weighted by Gasteiger charge is 2.30. The number of amides is 1. The van der Waals surface area contributed by atoms with Crippen LogP contribution in [0.5, 0.6) is 0 Å². The number of rotatable bonds is 5. The van der Waals surface area contributed by atoms with Gasteiger partial charge in [0.1, 0.15) is 5.82 Å². The molecular weight excluding hydrogens is 539 g/mol. The molecule has 1 N–H and O–H groups in total. The van der Waals surface area contributed by atoms with Gasteiger partial charge in [-0.25, -0.2) is 4.98 Å². The van der Waals surface area contributed by atoms with Gasteiger partial charge in [0.05, 0.1) is 24.5 Å². The van der Waals surface area contributed by atoms with Crippen LogP contribution < -0.4 is 15.1 Å². The topological polar surface area (TPSA) is 70.6 Å². The molecule has 1 amide bonds. The SMILES string of the molecule is CC=S1CCN(c2cc(-c3cc(C(=O)Nc4cccc(C(F)(F)F)c4)ccc3C)nc(N3CCOCC3)n2)CC1. The van der Waals surface area contributed by atoms with Crippen molar-refractivity contribution in [2.75, 3.05) is 66.0 Å². The Kier molecular flexibility index (Phi) is 8.41. The van der Waals surface area contributed by atoms with Gasteiger partial charge in [-0.15, -0.1) is 0 Å². The summed E-state index contributed by atoms with van der Waals surface area (Å²) in [6.45, 7) is 8.47. The number of ether oxygens (including phenoxy) is 1. The second kappa shape index (κ2) is 12.0. The maximum atomic E-state index is 13.1. The van der Waals surface area contributed by atoms with Gasteiger partial charge in [-0.1, -0.05) is 17.5 Å². The second-order valence-electron chi connectivity index (χ2n) is 9.74. The number of nitrogens with zero attached hydrogens (tertiary/aromatic N) is 4. The molecule has 2 aromatic carbocycles. The van der Waals surface area contributed by atoms with Crippen LogP contribution in [0.4, 0.5) is 30.6 Å².